The summed E-state index contributed by atoms with van der Waals surface area (Å²) in [5.74, 6) is 1.45. The van der Waals surface area contributed by atoms with Gasteiger partial charge in [-0.1, -0.05) is 25.7 Å². The molecule has 0 saturated heterocycles. The van der Waals surface area contributed by atoms with Gasteiger partial charge in [-0.2, -0.15) is 0 Å². The summed E-state index contributed by atoms with van der Waals surface area (Å²) in [7, 11) is 0.0503. The van der Waals surface area contributed by atoms with Crippen molar-refractivity contribution in [3.8, 4) is 11.5 Å². The minimum Gasteiger partial charge on any atom is -0.318 e. The smallest absolute Gasteiger partial charge is 0.254 e. The zero-order chi connectivity index (χ0) is 17.9. The quantitative estimate of drug-likeness (QED) is 0.607. The van der Waals surface area contributed by atoms with Crippen LogP contribution in [0.4, 0.5) is 8.78 Å². The first-order valence-corrected chi connectivity index (χ1v) is 11.3. The van der Waals surface area contributed by atoms with Crippen LogP contribution in [0.15, 0.2) is 41.3 Å². The lowest BCUT2D eigenvalue weighted by atomic mass is 9.89. The summed E-state index contributed by atoms with van der Waals surface area (Å²) >= 11 is 0. The molecule has 0 aliphatic rings. The zero-order valence-corrected chi connectivity index (χ0v) is 15.4. The molecule has 0 N–H and O–H groups in total. The molecule has 126 valence electrons. The van der Waals surface area contributed by atoms with Gasteiger partial charge in [0.25, 0.3) is 5.56 Å². The third-order valence-corrected chi connectivity index (χ3v) is 4.56. The van der Waals surface area contributed by atoms with Crippen LogP contribution in [-0.4, -0.2) is 12.6 Å². The maximum atomic E-state index is 14.3. The van der Waals surface area contributed by atoms with E-state index in [1.807, 2.05) is 0 Å². The van der Waals surface area contributed by atoms with E-state index in [-0.39, 0.29) is 17.5 Å². The van der Waals surface area contributed by atoms with E-state index in [1.165, 1.54) is 4.57 Å². The topological polar surface area (TPSA) is 22.0 Å². The molecule has 0 radical (unpaired) electrons. The number of aromatic nitrogens is 1. The number of pyridine rings is 1. The van der Waals surface area contributed by atoms with E-state index in [2.05, 4.69) is 31.1 Å². The van der Waals surface area contributed by atoms with Gasteiger partial charge in [-0.05, 0) is 29.8 Å². The summed E-state index contributed by atoms with van der Waals surface area (Å²) in [4.78, 5) is 12.4. The Kier molecular flexibility index (Phi) is 5.40. The molecule has 24 heavy (non-hydrogen) atoms. The Morgan fingerprint density at radius 1 is 1.17 bits per heavy atom. The molecule has 2 aromatic rings. The second-order valence-electron chi connectivity index (χ2n) is 6.85. The number of nitrogens with zero attached hydrogens (tertiary/aromatic N) is 1. The van der Waals surface area contributed by atoms with Gasteiger partial charge in [-0.25, -0.2) is 8.78 Å². The molecule has 1 unspecified atom stereocenters. The van der Waals surface area contributed by atoms with Crippen molar-refractivity contribution in [1.82, 2.24) is 4.57 Å². The van der Waals surface area contributed by atoms with Crippen molar-refractivity contribution < 1.29 is 8.78 Å². The minimum absolute atomic E-state index is 0.170. The molecule has 2 nitrogen and oxygen atoms in total. The van der Waals surface area contributed by atoms with Crippen molar-refractivity contribution >= 4 is 8.07 Å². The zero-order valence-electron chi connectivity index (χ0n) is 14.4. The molecule has 0 bridgehead atoms. The fourth-order valence-corrected chi connectivity index (χ4v) is 3.10. The van der Waals surface area contributed by atoms with E-state index in [0.717, 1.165) is 18.2 Å². The van der Waals surface area contributed by atoms with Gasteiger partial charge < -0.3 is 4.57 Å². The number of aryl methyl sites for hydroxylation is 1. The molecule has 0 amide bonds. The van der Waals surface area contributed by atoms with Crippen LogP contribution in [0.5, 0.6) is 0 Å². The van der Waals surface area contributed by atoms with E-state index in [9.17, 15) is 13.6 Å². The lowest BCUT2D eigenvalue weighted by molar-refractivity contribution is 0.574. The van der Waals surface area contributed by atoms with Crippen molar-refractivity contribution in [3.63, 3.8) is 0 Å². The standard InChI is InChI=1S/C19H21F2NOSi/c1-22-11-5-7-16(19(22)23)15(8-6-12-24(2,3)4)17-13-14(20)9-10-18(17)21/h5,7,9-11,13,15H,8H2,1-4H3. The highest BCUT2D eigenvalue weighted by atomic mass is 28.3. The summed E-state index contributed by atoms with van der Waals surface area (Å²) in [5.41, 5.74) is 3.60. The van der Waals surface area contributed by atoms with Crippen molar-refractivity contribution in [2.75, 3.05) is 0 Å². The number of benzene rings is 1. The second kappa shape index (κ2) is 7.14. The van der Waals surface area contributed by atoms with E-state index in [0.29, 0.717) is 5.56 Å². The van der Waals surface area contributed by atoms with Crippen LogP contribution in [0, 0.1) is 23.1 Å². The molecule has 0 fully saturated rings. The molecular weight excluding hydrogens is 324 g/mol. The van der Waals surface area contributed by atoms with Gasteiger partial charge in [0, 0.05) is 31.1 Å². The first-order valence-electron chi connectivity index (χ1n) is 7.79. The van der Waals surface area contributed by atoms with E-state index >= 15 is 0 Å². The fraction of sp³-hybridized carbons (Fsp3) is 0.316. The predicted octanol–water partition coefficient (Wildman–Crippen LogP) is 4.07. The lowest BCUT2D eigenvalue weighted by Crippen LogP contribution is -2.23. The second-order valence-corrected chi connectivity index (χ2v) is 11.6. The number of halogens is 2. The molecule has 0 aliphatic heterocycles. The number of hydrogen-bond acceptors (Lipinski definition) is 1. The summed E-state index contributed by atoms with van der Waals surface area (Å²) in [6.45, 7) is 6.33. The van der Waals surface area contributed by atoms with Crippen LogP contribution in [0.1, 0.15) is 23.5 Å². The number of hydrogen-bond donors (Lipinski definition) is 0. The molecule has 0 aliphatic carbocycles. The summed E-state index contributed by atoms with van der Waals surface area (Å²) < 4.78 is 29.4. The van der Waals surface area contributed by atoms with Crippen molar-refractivity contribution in [2.45, 2.75) is 32.0 Å². The molecule has 1 aromatic carbocycles. The lowest BCUT2D eigenvalue weighted by Gasteiger charge is -2.17. The Hall–Kier alpha value is -2.19. The van der Waals surface area contributed by atoms with Crippen LogP contribution in [-0.2, 0) is 7.05 Å². The van der Waals surface area contributed by atoms with Crippen molar-refractivity contribution in [1.29, 1.82) is 0 Å². The first kappa shape index (κ1) is 18.1. The molecule has 2 rings (SSSR count). The van der Waals surface area contributed by atoms with Crippen LogP contribution in [0.3, 0.4) is 0 Å². The molecule has 1 atom stereocenters. The maximum Gasteiger partial charge on any atom is 0.254 e. The molecular formula is C19H21F2NOSi. The van der Waals surface area contributed by atoms with Crippen LogP contribution >= 0.6 is 0 Å². The van der Waals surface area contributed by atoms with Gasteiger partial charge in [0.2, 0.25) is 0 Å². The largest absolute Gasteiger partial charge is 0.318 e. The van der Waals surface area contributed by atoms with Gasteiger partial charge in [-0.15, -0.1) is 11.5 Å². The van der Waals surface area contributed by atoms with E-state index in [1.54, 1.807) is 25.4 Å². The summed E-state index contributed by atoms with van der Waals surface area (Å²) in [5, 5.41) is 0. The average Bonchev–Trinajstić information content (AvgIpc) is 2.49. The fourth-order valence-electron chi connectivity index (χ4n) is 2.47. The SMILES string of the molecule is Cn1cccc(C(CC#C[Si](C)(C)C)c2cc(F)ccc2F)c1=O. The normalized spacial score (nSPS) is 12.4. The van der Waals surface area contributed by atoms with Crippen molar-refractivity contribution in [2.24, 2.45) is 7.05 Å². The Labute approximate surface area is 142 Å². The van der Waals surface area contributed by atoms with Crippen LogP contribution < -0.4 is 5.56 Å². The van der Waals surface area contributed by atoms with Gasteiger partial charge in [-0.3, -0.25) is 4.79 Å². The third-order valence-electron chi connectivity index (χ3n) is 3.63. The van der Waals surface area contributed by atoms with Gasteiger partial charge in [0.15, 0.2) is 0 Å². The minimum atomic E-state index is -1.59. The molecule has 0 saturated carbocycles. The molecule has 1 heterocycles. The van der Waals surface area contributed by atoms with Gasteiger partial charge in [0.05, 0.1) is 0 Å². The monoisotopic (exact) mass is 345 g/mol. The van der Waals surface area contributed by atoms with E-state index in [4.69, 9.17) is 0 Å². The van der Waals surface area contributed by atoms with Crippen LogP contribution in [0.25, 0.3) is 0 Å². The third kappa shape index (κ3) is 4.42. The summed E-state index contributed by atoms with van der Waals surface area (Å²) in [6, 6.07) is 6.72. The molecule has 5 heteroatoms. The van der Waals surface area contributed by atoms with Crippen molar-refractivity contribution in [3.05, 3.63) is 69.6 Å². The van der Waals surface area contributed by atoms with Gasteiger partial charge in [0.1, 0.15) is 19.7 Å². The predicted molar refractivity (Wildman–Crippen MR) is 95.6 cm³/mol. The molecule has 1 aromatic heterocycles. The highest BCUT2D eigenvalue weighted by Gasteiger charge is 2.21. The maximum absolute atomic E-state index is 14.3. The highest BCUT2D eigenvalue weighted by Crippen LogP contribution is 2.28. The number of rotatable bonds is 3. The van der Waals surface area contributed by atoms with E-state index < -0.39 is 25.6 Å². The first-order chi connectivity index (χ1) is 11.2. The average molecular weight is 345 g/mol. The van der Waals surface area contributed by atoms with Crippen LogP contribution in [0.2, 0.25) is 19.6 Å². The Morgan fingerprint density at radius 3 is 2.54 bits per heavy atom. The van der Waals surface area contributed by atoms with Gasteiger partial charge >= 0.3 is 0 Å². The molecule has 0 spiro atoms. The summed E-state index contributed by atoms with van der Waals surface area (Å²) in [6.07, 6.45) is 1.92. The highest BCUT2D eigenvalue weighted by molar-refractivity contribution is 6.83. The Morgan fingerprint density at radius 2 is 1.88 bits per heavy atom. The Bertz CT molecular complexity index is 856. The Balaban J connectivity index is 2.57.